The minimum Gasteiger partial charge on any atom is -0.134 e. The van der Waals surface area contributed by atoms with Gasteiger partial charge in [0.25, 0.3) is 0 Å². The third kappa shape index (κ3) is 2.05. The fraction of sp³-hybridized carbons (Fsp3) is 0.778. The van der Waals surface area contributed by atoms with Gasteiger partial charge >= 0.3 is 0 Å². The van der Waals surface area contributed by atoms with Gasteiger partial charge < -0.3 is 0 Å². The summed E-state index contributed by atoms with van der Waals surface area (Å²) in [6.07, 6.45) is 9.14. The molecule has 58 valence electrons. The van der Waals surface area contributed by atoms with Crippen molar-refractivity contribution in [1.82, 2.24) is 0 Å². The molecule has 0 aliphatic heterocycles. The van der Waals surface area contributed by atoms with Crippen LogP contribution in [0.5, 0.6) is 0 Å². The van der Waals surface area contributed by atoms with Crippen LogP contribution in [0.3, 0.4) is 0 Å². The molecule has 0 N–H and O–H groups in total. The zero-order valence-corrected chi connectivity index (χ0v) is 7.76. The van der Waals surface area contributed by atoms with Crippen molar-refractivity contribution in [3.63, 3.8) is 0 Å². The van der Waals surface area contributed by atoms with E-state index >= 15 is 0 Å². The summed E-state index contributed by atoms with van der Waals surface area (Å²) >= 11 is 1.95. The molecule has 0 nitrogen and oxygen atoms in total. The number of thioether (sulfide) groups is 1. The van der Waals surface area contributed by atoms with E-state index in [9.17, 15) is 0 Å². The first-order chi connectivity index (χ1) is 4.84. The Bertz CT molecular complexity index is 136. The van der Waals surface area contributed by atoms with Crippen LogP contribution in [0.2, 0.25) is 0 Å². The summed E-state index contributed by atoms with van der Waals surface area (Å²) in [7, 11) is 0. The van der Waals surface area contributed by atoms with Crippen LogP contribution >= 0.6 is 11.8 Å². The topological polar surface area (TPSA) is 0 Å². The van der Waals surface area contributed by atoms with Gasteiger partial charge in [-0.05, 0) is 43.8 Å². The quantitative estimate of drug-likeness (QED) is 0.559. The molecule has 0 aromatic heterocycles. The predicted molar refractivity (Wildman–Crippen MR) is 49.3 cm³/mol. The second-order valence-electron chi connectivity index (χ2n) is 2.97. The normalized spacial score (nSPS) is 21.0. The molecule has 0 atom stereocenters. The average Bonchev–Trinajstić information content (AvgIpc) is 2.13. The predicted octanol–water partition coefficient (Wildman–Crippen LogP) is 3.59. The molecular weight excluding hydrogens is 140 g/mol. The lowest BCUT2D eigenvalue weighted by Gasteiger charge is -2.03. The van der Waals surface area contributed by atoms with E-state index in [0.29, 0.717) is 0 Å². The Hall–Kier alpha value is 0.0900. The monoisotopic (exact) mass is 156 g/mol. The van der Waals surface area contributed by atoms with E-state index in [1.165, 1.54) is 32.1 Å². The molecule has 0 heterocycles. The molecule has 10 heavy (non-hydrogen) atoms. The van der Waals surface area contributed by atoms with Crippen LogP contribution in [0.15, 0.2) is 10.5 Å². The van der Waals surface area contributed by atoms with Gasteiger partial charge in [0.2, 0.25) is 0 Å². The van der Waals surface area contributed by atoms with Crippen molar-refractivity contribution in [2.24, 2.45) is 0 Å². The highest BCUT2D eigenvalue weighted by Crippen LogP contribution is 2.29. The van der Waals surface area contributed by atoms with E-state index in [1.54, 1.807) is 10.5 Å². The van der Waals surface area contributed by atoms with Crippen LogP contribution in [0.25, 0.3) is 0 Å². The van der Waals surface area contributed by atoms with E-state index in [-0.39, 0.29) is 0 Å². The van der Waals surface area contributed by atoms with Gasteiger partial charge in [0.15, 0.2) is 0 Å². The van der Waals surface area contributed by atoms with Crippen molar-refractivity contribution in [1.29, 1.82) is 0 Å². The van der Waals surface area contributed by atoms with Gasteiger partial charge in [0.05, 0.1) is 0 Å². The smallest absolute Gasteiger partial charge is 0.0140 e. The summed E-state index contributed by atoms with van der Waals surface area (Å²) in [4.78, 5) is 1.65. The van der Waals surface area contributed by atoms with Crippen LogP contribution in [-0.4, -0.2) is 6.26 Å². The number of hydrogen-bond donors (Lipinski definition) is 0. The molecule has 1 aliphatic rings. The molecule has 0 radical (unpaired) electrons. The Morgan fingerprint density at radius 2 is 1.80 bits per heavy atom. The van der Waals surface area contributed by atoms with Crippen LogP contribution in [0.1, 0.15) is 39.0 Å². The molecule has 0 saturated carbocycles. The first-order valence-corrected chi connectivity index (χ1v) is 5.29. The van der Waals surface area contributed by atoms with Gasteiger partial charge in [-0.2, -0.15) is 0 Å². The lowest BCUT2D eigenvalue weighted by atomic mass is 10.2. The molecule has 0 aromatic rings. The average molecular weight is 156 g/mol. The van der Waals surface area contributed by atoms with Crippen molar-refractivity contribution in [3.8, 4) is 0 Å². The fourth-order valence-corrected chi connectivity index (χ4v) is 2.28. The van der Waals surface area contributed by atoms with Gasteiger partial charge in [0.1, 0.15) is 0 Å². The highest BCUT2D eigenvalue weighted by molar-refractivity contribution is 8.02. The maximum atomic E-state index is 2.29. The third-order valence-corrected chi connectivity index (χ3v) is 3.22. The van der Waals surface area contributed by atoms with Gasteiger partial charge in [-0.25, -0.2) is 0 Å². The largest absolute Gasteiger partial charge is 0.134 e. The Kier molecular flexibility index (Phi) is 3.33. The number of hydrogen-bond acceptors (Lipinski definition) is 1. The van der Waals surface area contributed by atoms with Crippen molar-refractivity contribution < 1.29 is 0 Å². The number of allylic oxidation sites excluding steroid dienone is 2. The second kappa shape index (κ2) is 4.07. The summed E-state index contributed by atoms with van der Waals surface area (Å²) in [6.45, 7) is 2.29. The van der Waals surface area contributed by atoms with Crippen LogP contribution in [0, 0.1) is 0 Å². The van der Waals surface area contributed by atoms with Crippen LogP contribution < -0.4 is 0 Å². The van der Waals surface area contributed by atoms with Crippen LogP contribution in [-0.2, 0) is 0 Å². The first-order valence-electron chi connectivity index (χ1n) is 4.07. The lowest BCUT2D eigenvalue weighted by Crippen LogP contribution is -1.79. The van der Waals surface area contributed by atoms with Gasteiger partial charge in [0, 0.05) is 0 Å². The molecule has 0 saturated heterocycles. The molecule has 1 aliphatic carbocycles. The fourth-order valence-electron chi connectivity index (χ4n) is 1.48. The minimum atomic E-state index is 1.34. The van der Waals surface area contributed by atoms with Gasteiger partial charge in [-0.3, -0.25) is 0 Å². The van der Waals surface area contributed by atoms with E-state index < -0.39 is 0 Å². The minimum absolute atomic E-state index is 1.34. The Morgan fingerprint density at radius 3 is 2.50 bits per heavy atom. The standard InChI is InChI=1S/C9H16S/c1-8-6-4-3-5-7-9(8)10-2/h3-7H2,1-2H3. The Balaban J connectivity index is 2.58. The van der Waals surface area contributed by atoms with Crippen molar-refractivity contribution in [3.05, 3.63) is 10.5 Å². The maximum Gasteiger partial charge on any atom is -0.0140 e. The highest BCUT2D eigenvalue weighted by Gasteiger charge is 2.05. The first kappa shape index (κ1) is 8.19. The molecule has 0 amide bonds. The van der Waals surface area contributed by atoms with Crippen molar-refractivity contribution in [2.75, 3.05) is 6.26 Å². The summed E-state index contributed by atoms with van der Waals surface area (Å²) in [5.41, 5.74) is 1.64. The third-order valence-electron chi connectivity index (χ3n) is 2.18. The maximum absolute atomic E-state index is 2.29. The SMILES string of the molecule is CSC1=C(C)CCCCC1. The summed E-state index contributed by atoms with van der Waals surface area (Å²) in [5, 5.41) is 0. The zero-order valence-electron chi connectivity index (χ0n) is 6.94. The summed E-state index contributed by atoms with van der Waals surface area (Å²) in [5.74, 6) is 0. The number of rotatable bonds is 1. The summed E-state index contributed by atoms with van der Waals surface area (Å²) in [6, 6.07) is 0. The summed E-state index contributed by atoms with van der Waals surface area (Å²) < 4.78 is 0. The molecule has 0 fully saturated rings. The van der Waals surface area contributed by atoms with E-state index in [4.69, 9.17) is 0 Å². The molecule has 0 unspecified atom stereocenters. The lowest BCUT2D eigenvalue weighted by molar-refractivity contribution is 0.710. The van der Waals surface area contributed by atoms with Gasteiger partial charge in [-0.15, -0.1) is 11.8 Å². The molecule has 1 heteroatoms. The van der Waals surface area contributed by atoms with Gasteiger partial charge in [-0.1, -0.05) is 12.0 Å². The van der Waals surface area contributed by atoms with Crippen LogP contribution in [0.4, 0.5) is 0 Å². The molecule has 0 spiro atoms. The molecule has 0 aromatic carbocycles. The van der Waals surface area contributed by atoms with Crippen molar-refractivity contribution in [2.45, 2.75) is 39.0 Å². The van der Waals surface area contributed by atoms with Crippen molar-refractivity contribution >= 4 is 11.8 Å². The second-order valence-corrected chi connectivity index (χ2v) is 3.87. The zero-order chi connectivity index (χ0) is 7.40. The highest BCUT2D eigenvalue weighted by atomic mass is 32.2. The van der Waals surface area contributed by atoms with E-state index in [1.807, 2.05) is 11.8 Å². The molecule has 1 rings (SSSR count). The molecular formula is C9H16S. The Morgan fingerprint density at radius 1 is 1.10 bits per heavy atom. The molecule has 0 bridgehead atoms. The van der Waals surface area contributed by atoms with E-state index in [0.717, 1.165) is 0 Å². The van der Waals surface area contributed by atoms with E-state index in [2.05, 4.69) is 13.2 Å². The Labute approximate surface area is 68.1 Å².